The van der Waals surface area contributed by atoms with Crippen LogP contribution in [0.3, 0.4) is 0 Å². The lowest BCUT2D eigenvalue weighted by molar-refractivity contribution is 0.0748. The van der Waals surface area contributed by atoms with Crippen LogP contribution in [0.2, 0.25) is 0 Å². The summed E-state index contributed by atoms with van der Waals surface area (Å²) in [6.45, 7) is 6.31. The Morgan fingerprint density at radius 2 is 1.84 bits per heavy atom. The van der Waals surface area contributed by atoms with Gasteiger partial charge in [0.05, 0.1) is 5.56 Å². The zero-order chi connectivity index (χ0) is 22.0. The number of nitrogens with zero attached hydrogens (tertiary/aromatic N) is 1. The van der Waals surface area contributed by atoms with Crippen LogP contribution in [0.15, 0.2) is 30.3 Å². The Morgan fingerprint density at radius 3 is 2.58 bits per heavy atom. The Balaban J connectivity index is 1.38. The Morgan fingerprint density at radius 1 is 1.10 bits per heavy atom. The van der Waals surface area contributed by atoms with E-state index in [0.29, 0.717) is 31.3 Å². The fourth-order valence-electron chi connectivity index (χ4n) is 4.56. The maximum atomic E-state index is 13.1. The quantitative estimate of drug-likeness (QED) is 0.578. The molecule has 1 saturated carbocycles. The van der Waals surface area contributed by atoms with Gasteiger partial charge in [-0.3, -0.25) is 4.79 Å². The molecule has 0 spiro atoms. The lowest BCUT2D eigenvalue weighted by Crippen LogP contribution is -2.30. The van der Waals surface area contributed by atoms with Gasteiger partial charge in [0.15, 0.2) is 0 Å². The highest BCUT2D eigenvalue weighted by Gasteiger charge is 2.27. The standard InChI is InChI=1S/C25H32N2O4/c1-16(2)21-12-22(24(29)13-23(21)28)25(30)27-14-17-7-8-20(11-18(17)15-27)31-10-9-26-19-5-3-4-6-19/h7-8,11-13,16,19,26,28-29H,3-6,9-10,14-15H2,1-2H3. The van der Waals surface area contributed by atoms with E-state index in [2.05, 4.69) is 5.32 Å². The summed E-state index contributed by atoms with van der Waals surface area (Å²) in [5.41, 5.74) is 3.03. The first kappa shape index (κ1) is 21.5. The van der Waals surface area contributed by atoms with Crippen molar-refractivity contribution in [1.29, 1.82) is 0 Å². The molecule has 1 heterocycles. The van der Waals surface area contributed by atoms with E-state index in [1.807, 2.05) is 32.0 Å². The van der Waals surface area contributed by atoms with Crippen LogP contribution in [0.5, 0.6) is 17.2 Å². The Labute approximate surface area is 183 Å². The molecule has 31 heavy (non-hydrogen) atoms. The van der Waals surface area contributed by atoms with Crippen LogP contribution >= 0.6 is 0 Å². The van der Waals surface area contributed by atoms with E-state index in [9.17, 15) is 15.0 Å². The van der Waals surface area contributed by atoms with Gasteiger partial charge in [-0.15, -0.1) is 0 Å². The second-order valence-corrected chi connectivity index (χ2v) is 8.96. The number of hydrogen-bond acceptors (Lipinski definition) is 5. The summed E-state index contributed by atoms with van der Waals surface area (Å²) in [6.07, 6.45) is 5.16. The number of phenols is 2. The van der Waals surface area contributed by atoms with Crippen molar-refractivity contribution in [3.05, 3.63) is 52.6 Å². The number of amides is 1. The van der Waals surface area contributed by atoms with Crippen LogP contribution in [-0.4, -0.2) is 40.2 Å². The molecular weight excluding hydrogens is 392 g/mol. The average molecular weight is 425 g/mol. The van der Waals surface area contributed by atoms with Gasteiger partial charge >= 0.3 is 0 Å². The topological polar surface area (TPSA) is 82.0 Å². The van der Waals surface area contributed by atoms with Crippen molar-refractivity contribution in [1.82, 2.24) is 10.2 Å². The highest BCUT2D eigenvalue weighted by Crippen LogP contribution is 2.35. The van der Waals surface area contributed by atoms with Gasteiger partial charge in [-0.25, -0.2) is 0 Å². The number of aromatic hydroxyl groups is 2. The monoisotopic (exact) mass is 424 g/mol. The van der Waals surface area contributed by atoms with Crippen LogP contribution < -0.4 is 10.1 Å². The number of hydrogen-bond donors (Lipinski definition) is 3. The first-order valence-corrected chi connectivity index (χ1v) is 11.3. The number of benzene rings is 2. The molecule has 1 aliphatic heterocycles. The van der Waals surface area contributed by atoms with Gasteiger partial charge in [0.25, 0.3) is 5.91 Å². The fraction of sp³-hybridized carbons (Fsp3) is 0.480. The minimum atomic E-state index is -0.237. The Bertz CT molecular complexity index is 951. The molecule has 3 N–H and O–H groups in total. The van der Waals surface area contributed by atoms with E-state index in [0.717, 1.165) is 23.4 Å². The lowest BCUT2D eigenvalue weighted by Gasteiger charge is -2.18. The maximum Gasteiger partial charge on any atom is 0.258 e. The molecular formula is C25H32N2O4. The minimum absolute atomic E-state index is 0.0120. The molecule has 0 bridgehead atoms. The van der Waals surface area contributed by atoms with Crippen LogP contribution in [0.1, 0.15) is 72.5 Å². The number of fused-ring (bicyclic) bond motifs is 1. The highest BCUT2D eigenvalue weighted by atomic mass is 16.5. The number of phenolic OH excluding ortho intramolecular Hbond substituents is 2. The molecule has 0 aromatic heterocycles. The molecule has 2 aliphatic rings. The van der Waals surface area contributed by atoms with Crippen molar-refractivity contribution in [3.63, 3.8) is 0 Å². The summed E-state index contributed by atoms with van der Waals surface area (Å²) >= 11 is 0. The summed E-state index contributed by atoms with van der Waals surface area (Å²) in [6, 6.07) is 9.48. The summed E-state index contributed by atoms with van der Waals surface area (Å²) in [5, 5.41) is 23.9. The first-order chi connectivity index (χ1) is 14.9. The van der Waals surface area contributed by atoms with E-state index < -0.39 is 0 Å². The van der Waals surface area contributed by atoms with Gasteiger partial charge < -0.3 is 25.2 Å². The SMILES string of the molecule is CC(C)c1cc(C(=O)N2Cc3ccc(OCCNC4CCCC4)cc3C2)c(O)cc1O. The summed E-state index contributed by atoms with van der Waals surface area (Å²) in [5.74, 6) is 0.445. The molecule has 6 nitrogen and oxygen atoms in total. The smallest absolute Gasteiger partial charge is 0.258 e. The van der Waals surface area contributed by atoms with Crippen LogP contribution in [0.25, 0.3) is 0 Å². The molecule has 4 rings (SSSR count). The number of carbonyl (C=O) groups excluding carboxylic acids is 1. The van der Waals surface area contributed by atoms with Gasteiger partial charge in [0, 0.05) is 31.7 Å². The summed E-state index contributed by atoms with van der Waals surface area (Å²) in [4.78, 5) is 14.8. The van der Waals surface area contributed by atoms with Gasteiger partial charge in [0.1, 0.15) is 23.9 Å². The van der Waals surface area contributed by atoms with Crippen molar-refractivity contribution < 1.29 is 19.7 Å². The van der Waals surface area contributed by atoms with E-state index in [4.69, 9.17) is 4.74 Å². The van der Waals surface area contributed by atoms with Crippen molar-refractivity contribution in [2.45, 2.75) is 64.6 Å². The predicted octanol–water partition coefficient (Wildman–Crippen LogP) is 4.29. The molecule has 2 aromatic rings. The van der Waals surface area contributed by atoms with Crippen molar-refractivity contribution in [2.75, 3.05) is 13.2 Å². The number of nitrogens with one attached hydrogen (secondary N) is 1. The Kier molecular flexibility index (Phi) is 6.37. The third kappa shape index (κ3) is 4.79. The summed E-state index contributed by atoms with van der Waals surface area (Å²) in [7, 11) is 0. The van der Waals surface area contributed by atoms with Gasteiger partial charge in [-0.1, -0.05) is 32.8 Å². The molecule has 0 unspecified atom stereocenters. The highest BCUT2D eigenvalue weighted by molar-refractivity contribution is 5.97. The minimum Gasteiger partial charge on any atom is -0.508 e. The molecule has 1 amide bonds. The van der Waals surface area contributed by atoms with Crippen LogP contribution in [-0.2, 0) is 13.1 Å². The van der Waals surface area contributed by atoms with Crippen molar-refractivity contribution in [3.8, 4) is 17.2 Å². The number of ether oxygens (including phenoxy) is 1. The number of carbonyl (C=O) groups is 1. The summed E-state index contributed by atoms with van der Waals surface area (Å²) < 4.78 is 5.91. The Hall–Kier alpha value is -2.73. The van der Waals surface area contributed by atoms with Crippen molar-refractivity contribution in [2.24, 2.45) is 0 Å². The van der Waals surface area contributed by atoms with Crippen LogP contribution in [0.4, 0.5) is 0 Å². The third-order valence-electron chi connectivity index (χ3n) is 6.34. The lowest BCUT2D eigenvalue weighted by atomic mass is 9.98. The molecule has 1 aliphatic carbocycles. The molecule has 6 heteroatoms. The van der Waals surface area contributed by atoms with E-state index in [1.54, 1.807) is 11.0 Å². The van der Waals surface area contributed by atoms with Gasteiger partial charge in [0.2, 0.25) is 0 Å². The fourth-order valence-corrected chi connectivity index (χ4v) is 4.56. The molecule has 2 aromatic carbocycles. The van der Waals surface area contributed by atoms with E-state index in [1.165, 1.54) is 31.7 Å². The largest absolute Gasteiger partial charge is 0.508 e. The maximum absolute atomic E-state index is 13.1. The number of rotatable bonds is 7. The molecule has 0 atom stereocenters. The predicted molar refractivity (Wildman–Crippen MR) is 120 cm³/mol. The molecule has 1 fully saturated rings. The van der Waals surface area contributed by atoms with E-state index in [-0.39, 0.29) is 28.9 Å². The second-order valence-electron chi connectivity index (χ2n) is 8.96. The molecule has 0 radical (unpaired) electrons. The average Bonchev–Trinajstić information content (AvgIpc) is 3.40. The normalized spacial score (nSPS) is 16.2. The van der Waals surface area contributed by atoms with Gasteiger partial charge in [-0.05, 0) is 53.6 Å². The zero-order valence-corrected chi connectivity index (χ0v) is 18.4. The second kappa shape index (κ2) is 9.18. The zero-order valence-electron chi connectivity index (χ0n) is 18.4. The van der Waals surface area contributed by atoms with Crippen molar-refractivity contribution >= 4 is 5.91 Å². The molecule has 0 saturated heterocycles. The van der Waals surface area contributed by atoms with E-state index >= 15 is 0 Å². The van der Waals surface area contributed by atoms with Crippen LogP contribution in [0, 0.1) is 0 Å². The molecule has 166 valence electrons. The third-order valence-corrected chi connectivity index (χ3v) is 6.34. The first-order valence-electron chi connectivity index (χ1n) is 11.3. The van der Waals surface area contributed by atoms with Gasteiger partial charge in [-0.2, -0.15) is 0 Å².